The van der Waals surface area contributed by atoms with Gasteiger partial charge in [-0.25, -0.2) is 9.59 Å². The number of anilines is 1. The van der Waals surface area contributed by atoms with Gasteiger partial charge in [0.2, 0.25) is 0 Å². The Bertz CT molecular complexity index is 903. The number of carboxylic acid groups (broad SMARTS) is 5. The van der Waals surface area contributed by atoms with Crippen LogP contribution < -0.4 is 16.8 Å². The number of nitrogens with zero attached hydrogens (tertiary/aromatic N) is 1. The molecule has 0 aliphatic rings. The summed E-state index contributed by atoms with van der Waals surface area (Å²) in [5.74, 6) is -7.63. The normalized spacial score (nSPS) is 12.6. The summed E-state index contributed by atoms with van der Waals surface area (Å²) < 4.78 is -1.10. The summed E-state index contributed by atoms with van der Waals surface area (Å²) in [4.78, 5) is 59.9. The van der Waals surface area contributed by atoms with Gasteiger partial charge in [0, 0.05) is 24.3 Å². The van der Waals surface area contributed by atoms with Crippen LogP contribution in [0.3, 0.4) is 0 Å². The number of carboxylic acids is 5. The Hall–Kier alpha value is -3.75. The van der Waals surface area contributed by atoms with Crippen LogP contribution in [-0.2, 0) is 30.5 Å². The average Bonchev–Trinajstić information content (AvgIpc) is 2.70. The van der Waals surface area contributed by atoms with E-state index >= 15 is 0 Å². The lowest BCUT2D eigenvalue weighted by Gasteiger charge is -2.54. The molecule has 0 spiro atoms. The Morgan fingerprint density at radius 3 is 1.69 bits per heavy atom. The highest BCUT2D eigenvalue weighted by molar-refractivity contribution is 5.76. The lowest BCUT2D eigenvalue weighted by Crippen LogP contribution is -2.75. The third-order valence-corrected chi connectivity index (χ3v) is 5.76. The molecule has 1 atom stereocenters. The Balaban J connectivity index is 4.07. The van der Waals surface area contributed by atoms with Gasteiger partial charge in [0.05, 0.1) is 12.5 Å². The van der Waals surface area contributed by atoms with Gasteiger partial charge < -0.3 is 42.3 Å². The molecule has 0 aliphatic heterocycles. The summed E-state index contributed by atoms with van der Waals surface area (Å²) in [6.07, 6.45) is -2.89. The molecule has 0 bridgehead atoms. The molecule has 35 heavy (non-hydrogen) atoms. The monoisotopic (exact) mass is 499 g/mol. The first-order valence-electron chi connectivity index (χ1n) is 10.5. The number of hydrogen-bond acceptors (Lipinski definition) is 8. The largest absolute Gasteiger partial charge is 0.481 e. The van der Waals surface area contributed by atoms with E-state index in [-0.39, 0.29) is 13.1 Å². The van der Waals surface area contributed by atoms with Crippen LogP contribution in [0.4, 0.5) is 5.69 Å². The van der Waals surface area contributed by atoms with Gasteiger partial charge >= 0.3 is 29.8 Å². The van der Waals surface area contributed by atoms with E-state index in [1.54, 1.807) is 0 Å². The Kier molecular flexibility index (Phi) is 10.6. The molecule has 14 nitrogen and oxygen atoms in total. The third kappa shape index (κ3) is 8.20. The number of aliphatic carboxylic acids is 5. The van der Waals surface area contributed by atoms with Crippen molar-refractivity contribution in [2.45, 2.75) is 37.4 Å². The van der Waals surface area contributed by atoms with E-state index in [4.69, 9.17) is 11.5 Å². The molecule has 0 aromatic heterocycles. The summed E-state index contributed by atoms with van der Waals surface area (Å²) in [5, 5.41) is 51.4. The standard InChI is InChI=1S/C21H30N4O10/c22-5-6-24-15(7-16(26)27)21(8-17(28)29,9-18(30)31)25(11-19(32)33,12-20(34)35)10-13-1-3-14(23)4-2-13/h1-4,15,24H,5-12,22-23H2,(H4-,26,27,28,29,30,31,32,33,34,35)/p+1. The van der Waals surface area contributed by atoms with Crippen molar-refractivity contribution in [1.82, 2.24) is 5.32 Å². The molecule has 1 unspecified atom stereocenters. The molecule has 0 amide bonds. The van der Waals surface area contributed by atoms with Crippen molar-refractivity contribution < 1.29 is 54.0 Å². The number of benzene rings is 1. The fourth-order valence-electron chi connectivity index (χ4n) is 4.51. The molecule has 0 saturated heterocycles. The number of carbonyl (C=O) groups is 5. The maximum Gasteiger partial charge on any atom is 0.359 e. The Labute approximate surface area is 200 Å². The lowest BCUT2D eigenvalue weighted by molar-refractivity contribution is -0.977. The molecule has 1 aromatic rings. The molecule has 0 aliphatic carbocycles. The van der Waals surface area contributed by atoms with Crippen LogP contribution in [0.15, 0.2) is 24.3 Å². The van der Waals surface area contributed by atoms with Gasteiger partial charge in [-0.05, 0) is 12.1 Å². The number of rotatable bonds is 17. The van der Waals surface area contributed by atoms with Crippen molar-refractivity contribution in [2.75, 3.05) is 31.9 Å². The minimum atomic E-state index is -2.23. The van der Waals surface area contributed by atoms with Crippen LogP contribution >= 0.6 is 0 Å². The maximum atomic E-state index is 12.1. The van der Waals surface area contributed by atoms with E-state index in [9.17, 15) is 49.5 Å². The first-order valence-corrected chi connectivity index (χ1v) is 10.5. The number of quaternary nitrogens is 1. The van der Waals surface area contributed by atoms with Gasteiger partial charge in [-0.15, -0.1) is 0 Å². The van der Waals surface area contributed by atoms with Gasteiger partial charge in [0.15, 0.2) is 13.1 Å². The molecule has 0 radical (unpaired) electrons. The molecule has 1 aromatic carbocycles. The molecule has 0 fully saturated rings. The van der Waals surface area contributed by atoms with E-state index < -0.39 is 84.8 Å². The van der Waals surface area contributed by atoms with E-state index in [0.29, 0.717) is 11.3 Å². The van der Waals surface area contributed by atoms with Gasteiger partial charge in [0.25, 0.3) is 0 Å². The van der Waals surface area contributed by atoms with E-state index in [0.717, 1.165) is 0 Å². The number of nitrogens with two attached hydrogens (primary N) is 2. The van der Waals surface area contributed by atoms with Crippen LogP contribution in [0.2, 0.25) is 0 Å². The highest BCUT2D eigenvalue weighted by Gasteiger charge is 2.60. The van der Waals surface area contributed by atoms with Crippen LogP contribution in [0.5, 0.6) is 0 Å². The van der Waals surface area contributed by atoms with Gasteiger partial charge in [-0.1, -0.05) is 12.1 Å². The second kappa shape index (κ2) is 12.6. The zero-order valence-corrected chi connectivity index (χ0v) is 18.9. The molecule has 0 heterocycles. The maximum absolute atomic E-state index is 12.1. The van der Waals surface area contributed by atoms with Crippen molar-refractivity contribution in [3.8, 4) is 0 Å². The molecule has 10 N–H and O–H groups in total. The van der Waals surface area contributed by atoms with Gasteiger partial charge in [-0.3, -0.25) is 18.9 Å². The van der Waals surface area contributed by atoms with Crippen molar-refractivity contribution >= 4 is 35.5 Å². The second-order valence-electron chi connectivity index (χ2n) is 8.29. The predicted molar refractivity (Wildman–Crippen MR) is 120 cm³/mol. The van der Waals surface area contributed by atoms with Crippen molar-refractivity contribution in [2.24, 2.45) is 5.73 Å². The quantitative estimate of drug-likeness (QED) is 0.0930. The predicted octanol–water partition coefficient (Wildman–Crippen LogP) is -1.17. The SMILES string of the molecule is NCCNC(CC(=O)O)C(CC(=O)O)(CC(=O)O)[N+](CC(=O)O)(CC(=O)O)Cc1ccc(N)cc1. The third-order valence-electron chi connectivity index (χ3n) is 5.76. The van der Waals surface area contributed by atoms with Gasteiger partial charge in [-0.2, -0.15) is 0 Å². The summed E-state index contributed by atoms with van der Waals surface area (Å²) in [5.41, 5.74) is 9.66. The molecular weight excluding hydrogens is 468 g/mol. The highest BCUT2D eigenvalue weighted by Crippen LogP contribution is 2.39. The fraction of sp³-hybridized carbons (Fsp3) is 0.476. The molecule has 14 heteroatoms. The van der Waals surface area contributed by atoms with Crippen molar-refractivity contribution in [1.29, 1.82) is 0 Å². The smallest absolute Gasteiger partial charge is 0.359 e. The number of nitrogens with one attached hydrogen (secondary N) is 1. The van der Waals surface area contributed by atoms with Crippen molar-refractivity contribution in [3.63, 3.8) is 0 Å². The molecular formula is C21H31N4O10+. The first kappa shape index (κ1) is 29.3. The first-order chi connectivity index (χ1) is 16.3. The second-order valence-corrected chi connectivity index (χ2v) is 8.29. The van der Waals surface area contributed by atoms with E-state index in [2.05, 4.69) is 5.32 Å². The van der Waals surface area contributed by atoms with Crippen LogP contribution in [0, 0.1) is 0 Å². The molecule has 194 valence electrons. The number of hydrogen-bond donors (Lipinski definition) is 8. The fourth-order valence-corrected chi connectivity index (χ4v) is 4.51. The lowest BCUT2D eigenvalue weighted by atomic mass is 9.76. The zero-order valence-electron chi connectivity index (χ0n) is 18.9. The van der Waals surface area contributed by atoms with Crippen LogP contribution in [0.1, 0.15) is 24.8 Å². The van der Waals surface area contributed by atoms with Crippen LogP contribution in [-0.4, -0.2) is 97.6 Å². The summed E-state index contributed by atoms with van der Waals surface area (Å²) in [6, 6.07) is 4.39. The summed E-state index contributed by atoms with van der Waals surface area (Å²) in [7, 11) is 0. The highest BCUT2D eigenvalue weighted by atomic mass is 16.4. The van der Waals surface area contributed by atoms with E-state index in [1.807, 2.05) is 0 Å². The summed E-state index contributed by atoms with van der Waals surface area (Å²) in [6.45, 7) is -2.54. The molecule has 0 saturated carbocycles. The topological polar surface area (TPSA) is 251 Å². The molecule has 1 rings (SSSR count). The Morgan fingerprint density at radius 1 is 0.829 bits per heavy atom. The summed E-state index contributed by atoms with van der Waals surface area (Å²) >= 11 is 0. The minimum absolute atomic E-state index is 0.0395. The Morgan fingerprint density at radius 2 is 1.31 bits per heavy atom. The van der Waals surface area contributed by atoms with Crippen LogP contribution in [0.25, 0.3) is 0 Å². The van der Waals surface area contributed by atoms with E-state index in [1.165, 1.54) is 24.3 Å². The minimum Gasteiger partial charge on any atom is -0.481 e. The average molecular weight is 499 g/mol. The number of nitrogen functional groups attached to an aromatic ring is 1. The zero-order chi connectivity index (χ0) is 26.8. The van der Waals surface area contributed by atoms with Gasteiger partial charge in [0.1, 0.15) is 24.9 Å². The van der Waals surface area contributed by atoms with Crippen molar-refractivity contribution in [3.05, 3.63) is 29.8 Å².